The van der Waals surface area contributed by atoms with Crippen LogP contribution in [0.3, 0.4) is 0 Å². The number of nitrogens with zero attached hydrogens (tertiary/aromatic N) is 2. The SMILES string of the molecule is CCC(C)(C)c1cc[c-]c(-c2nccc3c2C(C)(C)c2ccc4ccccc4c2-3)c1.Fc1c[c-]c(-c2ccc(F)cn2)cc1.[Ir]. The Labute approximate surface area is 278 Å². The van der Waals surface area contributed by atoms with E-state index in [9.17, 15) is 8.78 Å². The summed E-state index contributed by atoms with van der Waals surface area (Å²) >= 11 is 0. The van der Waals surface area contributed by atoms with Crippen LogP contribution in [0.2, 0.25) is 0 Å². The smallest absolute Gasteiger partial charge is 0.139 e. The van der Waals surface area contributed by atoms with Crippen molar-refractivity contribution >= 4 is 10.8 Å². The van der Waals surface area contributed by atoms with Crippen LogP contribution < -0.4 is 0 Å². The average Bonchev–Trinajstić information content (AvgIpc) is 3.29. The number of hydrogen-bond acceptors (Lipinski definition) is 2. The predicted molar refractivity (Wildman–Crippen MR) is 175 cm³/mol. The van der Waals surface area contributed by atoms with Crippen LogP contribution in [0, 0.1) is 23.8 Å². The molecule has 2 nitrogen and oxygen atoms in total. The van der Waals surface area contributed by atoms with Gasteiger partial charge >= 0.3 is 0 Å². The van der Waals surface area contributed by atoms with Crippen LogP contribution in [-0.2, 0) is 30.9 Å². The summed E-state index contributed by atoms with van der Waals surface area (Å²) in [6, 6.07) is 35.1. The van der Waals surface area contributed by atoms with Gasteiger partial charge in [0, 0.05) is 37.5 Å². The molecule has 0 spiro atoms. The van der Waals surface area contributed by atoms with E-state index in [0.717, 1.165) is 23.9 Å². The Balaban J connectivity index is 0.000000225. The van der Waals surface area contributed by atoms with Gasteiger partial charge in [-0.05, 0) is 68.4 Å². The van der Waals surface area contributed by atoms with Crippen molar-refractivity contribution in [3.8, 4) is 33.6 Å². The van der Waals surface area contributed by atoms with E-state index in [0.29, 0.717) is 11.3 Å². The number of halogens is 2. The fourth-order valence-electron chi connectivity index (χ4n) is 6.05. The van der Waals surface area contributed by atoms with E-state index in [2.05, 4.69) is 112 Å². The quantitative estimate of drug-likeness (QED) is 0.167. The molecule has 0 atom stereocenters. The molecule has 0 bridgehead atoms. The van der Waals surface area contributed by atoms with Crippen LogP contribution in [0.15, 0.2) is 103 Å². The second-order valence-electron chi connectivity index (χ2n) is 12.4. The van der Waals surface area contributed by atoms with Crippen molar-refractivity contribution in [3.05, 3.63) is 144 Å². The summed E-state index contributed by atoms with van der Waals surface area (Å²) in [4.78, 5) is 8.75. The molecule has 0 N–H and O–H groups in total. The van der Waals surface area contributed by atoms with E-state index in [-0.39, 0.29) is 36.8 Å². The zero-order valence-electron chi connectivity index (χ0n) is 26.0. The normalized spacial score (nSPS) is 12.9. The number of hydrogen-bond donors (Lipinski definition) is 0. The number of fused-ring (bicyclic) bond motifs is 5. The van der Waals surface area contributed by atoms with Gasteiger partial charge in [-0.1, -0.05) is 77.1 Å². The minimum absolute atomic E-state index is 0. The molecule has 7 rings (SSSR count). The molecular weight excluding hydrogens is 739 g/mol. The molecule has 1 radical (unpaired) electrons. The molecule has 0 saturated heterocycles. The molecule has 0 fully saturated rings. The van der Waals surface area contributed by atoms with Crippen molar-refractivity contribution in [1.82, 2.24) is 9.97 Å². The van der Waals surface area contributed by atoms with Gasteiger partial charge in [0.15, 0.2) is 0 Å². The van der Waals surface area contributed by atoms with Crippen molar-refractivity contribution in [1.29, 1.82) is 0 Å². The molecular formula is C40H34F2IrN2-2. The summed E-state index contributed by atoms with van der Waals surface area (Å²) in [5.74, 6) is -0.744. The van der Waals surface area contributed by atoms with Gasteiger partial charge in [-0.15, -0.1) is 65.2 Å². The topological polar surface area (TPSA) is 25.8 Å². The van der Waals surface area contributed by atoms with Crippen LogP contribution in [0.1, 0.15) is 57.7 Å². The monoisotopic (exact) mass is 773 g/mol. The van der Waals surface area contributed by atoms with Gasteiger partial charge in [-0.2, -0.15) is 0 Å². The fourth-order valence-corrected chi connectivity index (χ4v) is 6.05. The third-order valence-electron chi connectivity index (χ3n) is 8.95. The molecule has 1 aliphatic carbocycles. The predicted octanol–water partition coefficient (Wildman–Crippen LogP) is 10.5. The first-order chi connectivity index (χ1) is 21.1. The molecule has 1 aliphatic rings. The standard InChI is InChI=1S/C29H28N.C11H6F2N.Ir/c1-6-28(2,3)21-12-9-11-20(18-21)27-26-23(16-17-30-27)25-22-13-8-7-10-19(22)14-15-24(25)29(26,4)5;12-9-3-1-8(2-4-9)11-6-5-10(13)7-14-11;/h7-10,12-18H,6H2,1-5H3;1,3-7H;/q2*-1;. The van der Waals surface area contributed by atoms with E-state index in [1.807, 2.05) is 6.20 Å². The molecule has 5 heteroatoms. The summed E-state index contributed by atoms with van der Waals surface area (Å²) in [5, 5.41) is 2.61. The van der Waals surface area contributed by atoms with Gasteiger partial charge in [-0.3, -0.25) is 4.39 Å². The zero-order valence-corrected chi connectivity index (χ0v) is 28.4. The first-order valence-corrected chi connectivity index (χ1v) is 14.9. The van der Waals surface area contributed by atoms with Crippen LogP contribution >= 0.6 is 0 Å². The van der Waals surface area contributed by atoms with Crippen molar-refractivity contribution in [2.75, 3.05) is 0 Å². The average molecular weight is 773 g/mol. The van der Waals surface area contributed by atoms with Gasteiger partial charge in [0.05, 0.1) is 6.20 Å². The largest absolute Gasteiger partial charge is 0.304 e. The van der Waals surface area contributed by atoms with Crippen molar-refractivity contribution in [2.45, 2.75) is 51.9 Å². The molecule has 2 aromatic heterocycles. The maximum absolute atomic E-state index is 12.6. The second kappa shape index (κ2) is 12.7. The first kappa shape index (κ1) is 32.3. The van der Waals surface area contributed by atoms with Crippen LogP contribution in [-0.4, -0.2) is 9.97 Å². The summed E-state index contributed by atoms with van der Waals surface area (Å²) in [7, 11) is 0. The van der Waals surface area contributed by atoms with Crippen LogP contribution in [0.4, 0.5) is 8.78 Å². The van der Waals surface area contributed by atoms with Crippen LogP contribution in [0.5, 0.6) is 0 Å². The van der Waals surface area contributed by atoms with E-state index in [4.69, 9.17) is 4.98 Å². The molecule has 45 heavy (non-hydrogen) atoms. The molecule has 4 aromatic carbocycles. The Hall–Kier alpha value is -4.05. The van der Waals surface area contributed by atoms with Gasteiger partial charge < -0.3 is 9.97 Å². The third kappa shape index (κ3) is 6.12. The fraction of sp³-hybridized carbons (Fsp3) is 0.200. The minimum atomic E-state index is -0.393. The van der Waals surface area contributed by atoms with Gasteiger partial charge in [-0.25, -0.2) is 4.39 Å². The van der Waals surface area contributed by atoms with Gasteiger partial charge in [0.25, 0.3) is 0 Å². The third-order valence-corrected chi connectivity index (χ3v) is 8.95. The van der Waals surface area contributed by atoms with Crippen molar-refractivity contribution in [3.63, 3.8) is 0 Å². The Morgan fingerprint density at radius 1 is 0.822 bits per heavy atom. The van der Waals surface area contributed by atoms with Gasteiger partial charge in [0.2, 0.25) is 0 Å². The molecule has 0 saturated carbocycles. The van der Waals surface area contributed by atoms with Crippen molar-refractivity contribution < 1.29 is 28.9 Å². The maximum Gasteiger partial charge on any atom is 0.139 e. The number of aromatic nitrogens is 2. The van der Waals surface area contributed by atoms with E-state index in [1.54, 1.807) is 6.07 Å². The van der Waals surface area contributed by atoms with E-state index < -0.39 is 5.82 Å². The number of pyridine rings is 2. The Morgan fingerprint density at radius 3 is 2.31 bits per heavy atom. The van der Waals surface area contributed by atoms with Crippen molar-refractivity contribution in [2.24, 2.45) is 0 Å². The van der Waals surface area contributed by atoms with E-state index >= 15 is 0 Å². The minimum Gasteiger partial charge on any atom is -0.304 e. The second-order valence-corrected chi connectivity index (χ2v) is 12.4. The van der Waals surface area contributed by atoms with Gasteiger partial charge in [0.1, 0.15) is 5.82 Å². The molecule has 0 unspecified atom stereocenters. The summed E-state index contributed by atoms with van der Waals surface area (Å²) < 4.78 is 25.1. The van der Waals surface area contributed by atoms with E-state index in [1.165, 1.54) is 62.9 Å². The van der Waals surface area contributed by atoms with Crippen LogP contribution in [0.25, 0.3) is 44.4 Å². The Bertz CT molecular complexity index is 1920. The molecule has 0 aliphatic heterocycles. The summed E-state index contributed by atoms with van der Waals surface area (Å²) in [6.45, 7) is 11.5. The molecule has 6 aromatic rings. The molecule has 0 amide bonds. The summed E-state index contributed by atoms with van der Waals surface area (Å²) in [6.07, 6.45) is 4.18. The Morgan fingerprint density at radius 2 is 1.60 bits per heavy atom. The zero-order chi connectivity index (χ0) is 31.1. The first-order valence-electron chi connectivity index (χ1n) is 14.9. The Kier molecular flexibility index (Phi) is 9.16. The molecule has 229 valence electrons. The molecule has 2 heterocycles. The number of rotatable bonds is 4. The summed E-state index contributed by atoms with van der Waals surface area (Å²) in [5.41, 5.74) is 10.1. The maximum atomic E-state index is 12.6. The number of benzene rings is 4.